The second kappa shape index (κ2) is 6.99. The van der Waals surface area contributed by atoms with E-state index in [4.69, 9.17) is 16.6 Å². The molecule has 4 nitrogen and oxygen atoms in total. The molecule has 0 spiro atoms. The number of anilines is 1. The summed E-state index contributed by atoms with van der Waals surface area (Å²) in [5.41, 5.74) is 4.08. The number of halogens is 2. The second-order valence-corrected chi connectivity index (χ2v) is 6.53. The van der Waals surface area contributed by atoms with E-state index in [1.54, 1.807) is 0 Å². The molecular weight excluding hydrogens is 343 g/mol. The number of aryl methyl sites for hydroxylation is 1. The van der Waals surface area contributed by atoms with Crippen molar-refractivity contribution in [2.75, 3.05) is 18.0 Å². The van der Waals surface area contributed by atoms with Gasteiger partial charge in [0.05, 0.1) is 5.52 Å². The summed E-state index contributed by atoms with van der Waals surface area (Å²) in [4.78, 5) is 15.2. The Kier molecular flexibility index (Phi) is 4.97. The van der Waals surface area contributed by atoms with Gasteiger partial charge in [-0.3, -0.25) is 0 Å². The maximum Gasteiger partial charge on any atom is 0.156 e. The van der Waals surface area contributed by atoms with E-state index < -0.39 is 0 Å². The largest absolute Gasteiger partial charge is 0.355 e. The van der Waals surface area contributed by atoms with E-state index in [-0.39, 0.29) is 12.4 Å². The number of nitrogens with zero attached hydrogens (tertiary/aromatic N) is 3. The highest BCUT2D eigenvalue weighted by Crippen LogP contribution is 2.30. The summed E-state index contributed by atoms with van der Waals surface area (Å²) >= 11 is 6.12. The zero-order chi connectivity index (χ0) is 15.8. The van der Waals surface area contributed by atoms with Crippen molar-refractivity contribution < 1.29 is 0 Å². The molecule has 1 N–H and O–H groups in total. The molecule has 1 saturated heterocycles. The summed E-state index contributed by atoms with van der Waals surface area (Å²) in [6.45, 7) is 4.09. The monoisotopic (exact) mass is 362 g/mol. The molecule has 126 valence electrons. The number of benzene rings is 1. The molecule has 0 bridgehead atoms. The third-order valence-electron chi connectivity index (χ3n) is 4.36. The highest BCUT2D eigenvalue weighted by atomic mass is 35.5. The summed E-state index contributed by atoms with van der Waals surface area (Å²) in [7, 11) is 0. The first kappa shape index (κ1) is 17.1. The third-order valence-corrected chi connectivity index (χ3v) is 4.60. The van der Waals surface area contributed by atoms with Crippen LogP contribution in [0.25, 0.3) is 22.3 Å². The number of hydrogen-bond donors (Lipinski definition) is 1. The van der Waals surface area contributed by atoms with Crippen molar-refractivity contribution in [2.24, 2.45) is 0 Å². The van der Waals surface area contributed by atoms with Crippen molar-refractivity contribution >= 4 is 40.9 Å². The van der Waals surface area contributed by atoms with Crippen LogP contribution in [0.1, 0.15) is 25.1 Å². The minimum atomic E-state index is 0. The molecular formula is C18H20Cl2N4. The first-order valence-electron chi connectivity index (χ1n) is 8.09. The lowest BCUT2D eigenvalue weighted by molar-refractivity contribution is 0.574. The lowest BCUT2D eigenvalue weighted by Crippen LogP contribution is -2.30. The van der Waals surface area contributed by atoms with Crippen LogP contribution in [0.15, 0.2) is 30.3 Å². The Hall–Kier alpha value is -1.78. The lowest BCUT2D eigenvalue weighted by Gasteiger charge is -2.28. The zero-order valence-electron chi connectivity index (χ0n) is 13.6. The Labute approximate surface area is 152 Å². The molecule has 0 unspecified atom stereocenters. The van der Waals surface area contributed by atoms with E-state index >= 15 is 0 Å². The van der Waals surface area contributed by atoms with Crippen molar-refractivity contribution in [3.8, 4) is 11.3 Å². The molecule has 1 aliphatic rings. The SMILES string of the molecule is Cc1nc(N2CCCCC2)c2[nH]c(-c3cccc(Cl)c3)cc2n1.Cl. The summed E-state index contributed by atoms with van der Waals surface area (Å²) in [5.74, 6) is 1.84. The number of fused-ring (bicyclic) bond motifs is 1. The van der Waals surface area contributed by atoms with Gasteiger partial charge in [0.15, 0.2) is 5.82 Å². The molecule has 1 aromatic carbocycles. The van der Waals surface area contributed by atoms with Gasteiger partial charge in [0.25, 0.3) is 0 Å². The Morgan fingerprint density at radius 3 is 2.62 bits per heavy atom. The fourth-order valence-corrected chi connectivity index (χ4v) is 3.45. The van der Waals surface area contributed by atoms with Gasteiger partial charge in [0.2, 0.25) is 0 Å². The van der Waals surface area contributed by atoms with Crippen molar-refractivity contribution in [1.82, 2.24) is 15.0 Å². The summed E-state index contributed by atoms with van der Waals surface area (Å²) in [6, 6.07) is 9.95. The number of aromatic amines is 1. The van der Waals surface area contributed by atoms with E-state index in [1.165, 1.54) is 19.3 Å². The van der Waals surface area contributed by atoms with Gasteiger partial charge < -0.3 is 9.88 Å². The number of rotatable bonds is 2. The minimum absolute atomic E-state index is 0. The van der Waals surface area contributed by atoms with Crippen LogP contribution in [-0.2, 0) is 0 Å². The average Bonchev–Trinajstić information content (AvgIpc) is 2.99. The fraction of sp³-hybridized carbons (Fsp3) is 0.333. The molecule has 0 atom stereocenters. The molecule has 3 heterocycles. The zero-order valence-corrected chi connectivity index (χ0v) is 15.1. The van der Waals surface area contributed by atoms with Crippen LogP contribution in [0, 0.1) is 6.92 Å². The van der Waals surface area contributed by atoms with Crippen LogP contribution in [0.3, 0.4) is 0 Å². The van der Waals surface area contributed by atoms with Crippen molar-refractivity contribution in [1.29, 1.82) is 0 Å². The first-order chi connectivity index (χ1) is 11.2. The highest BCUT2D eigenvalue weighted by molar-refractivity contribution is 6.30. The number of piperidine rings is 1. The van der Waals surface area contributed by atoms with Crippen molar-refractivity contribution in [3.63, 3.8) is 0 Å². The Morgan fingerprint density at radius 2 is 1.88 bits per heavy atom. The van der Waals surface area contributed by atoms with Gasteiger partial charge in [0.1, 0.15) is 11.3 Å². The Balaban J connectivity index is 0.00000169. The Bertz CT molecular complexity index is 853. The van der Waals surface area contributed by atoms with Crippen LogP contribution >= 0.6 is 24.0 Å². The van der Waals surface area contributed by atoms with Crippen LogP contribution in [0.2, 0.25) is 5.02 Å². The van der Waals surface area contributed by atoms with Gasteiger partial charge in [0, 0.05) is 23.8 Å². The molecule has 4 rings (SSSR count). The quantitative estimate of drug-likeness (QED) is 0.697. The number of nitrogens with one attached hydrogen (secondary N) is 1. The van der Waals surface area contributed by atoms with E-state index in [0.717, 1.165) is 52.0 Å². The molecule has 6 heteroatoms. The minimum Gasteiger partial charge on any atom is -0.355 e. The highest BCUT2D eigenvalue weighted by Gasteiger charge is 2.18. The standard InChI is InChI=1S/C18H19ClN4.ClH/c1-12-20-16-11-15(13-6-5-7-14(19)10-13)22-17(16)18(21-12)23-8-3-2-4-9-23;/h5-7,10-11,22H,2-4,8-9H2,1H3;1H. The second-order valence-electron chi connectivity index (χ2n) is 6.10. The van der Waals surface area contributed by atoms with Crippen LogP contribution in [-0.4, -0.2) is 28.0 Å². The van der Waals surface area contributed by atoms with Crippen LogP contribution < -0.4 is 4.90 Å². The number of aromatic nitrogens is 3. The molecule has 2 aromatic heterocycles. The smallest absolute Gasteiger partial charge is 0.156 e. The van der Waals surface area contributed by atoms with E-state index in [2.05, 4.69) is 27.0 Å². The van der Waals surface area contributed by atoms with Gasteiger partial charge in [-0.2, -0.15) is 0 Å². The third kappa shape index (κ3) is 3.21. The molecule has 0 amide bonds. The van der Waals surface area contributed by atoms with E-state index in [9.17, 15) is 0 Å². The maximum atomic E-state index is 6.12. The van der Waals surface area contributed by atoms with Gasteiger partial charge in [-0.1, -0.05) is 23.7 Å². The van der Waals surface area contributed by atoms with Gasteiger partial charge in [-0.15, -0.1) is 12.4 Å². The van der Waals surface area contributed by atoms with Gasteiger partial charge in [-0.25, -0.2) is 9.97 Å². The molecule has 24 heavy (non-hydrogen) atoms. The fourth-order valence-electron chi connectivity index (χ4n) is 3.26. The predicted molar refractivity (Wildman–Crippen MR) is 102 cm³/mol. The normalized spacial score (nSPS) is 14.7. The van der Waals surface area contributed by atoms with Crippen molar-refractivity contribution in [2.45, 2.75) is 26.2 Å². The Morgan fingerprint density at radius 1 is 1.08 bits per heavy atom. The summed E-state index contributed by atoms with van der Waals surface area (Å²) in [5, 5.41) is 0.736. The average molecular weight is 363 g/mol. The van der Waals surface area contributed by atoms with Gasteiger partial charge >= 0.3 is 0 Å². The topological polar surface area (TPSA) is 44.8 Å². The molecule has 0 radical (unpaired) electrons. The number of hydrogen-bond acceptors (Lipinski definition) is 3. The molecule has 1 fully saturated rings. The summed E-state index contributed by atoms with van der Waals surface area (Å²) in [6.07, 6.45) is 3.76. The molecule has 0 aliphatic carbocycles. The molecule has 0 saturated carbocycles. The molecule has 1 aliphatic heterocycles. The van der Waals surface area contributed by atoms with Gasteiger partial charge in [-0.05, 0) is 49.9 Å². The predicted octanol–water partition coefficient (Wildman–Crippen LogP) is 5.00. The molecule has 3 aromatic rings. The van der Waals surface area contributed by atoms with Crippen LogP contribution in [0.4, 0.5) is 5.82 Å². The maximum absolute atomic E-state index is 6.12. The van der Waals surface area contributed by atoms with Crippen molar-refractivity contribution in [3.05, 3.63) is 41.2 Å². The van der Waals surface area contributed by atoms with E-state index in [1.807, 2.05) is 25.1 Å². The summed E-state index contributed by atoms with van der Waals surface area (Å²) < 4.78 is 0. The number of H-pyrrole nitrogens is 1. The first-order valence-corrected chi connectivity index (χ1v) is 8.47. The van der Waals surface area contributed by atoms with E-state index in [0.29, 0.717) is 0 Å². The lowest BCUT2D eigenvalue weighted by atomic mass is 10.1. The van der Waals surface area contributed by atoms with Crippen LogP contribution in [0.5, 0.6) is 0 Å².